The first-order chi connectivity index (χ1) is 8.87. The summed E-state index contributed by atoms with van der Waals surface area (Å²) in [6.45, 7) is 9.73. The van der Waals surface area contributed by atoms with Crippen molar-refractivity contribution in [1.29, 1.82) is 0 Å². The van der Waals surface area contributed by atoms with E-state index in [2.05, 4.69) is 20.4 Å². The molecule has 4 atom stereocenters. The minimum atomic E-state index is -0.346. The van der Waals surface area contributed by atoms with Crippen LogP contribution >= 0.6 is 0 Å². The summed E-state index contributed by atoms with van der Waals surface area (Å²) in [5.41, 5.74) is 0.408. The molecule has 0 N–H and O–H groups in total. The van der Waals surface area contributed by atoms with E-state index in [0.717, 1.165) is 17.8 Å². The third kappa shape index (κ3) is 1.71. The Bertz CT molecular complexity index is 423. The maximum Gasteiger partial charge on any atom is 0.333 e. The molecule has 0 spiro atoms. The lowest BCUT2D eigenvalue weighted by atomic mass is 9.63. The van der Waals surface area contributed by atoms with E-state index in [9.17, 15) is 4.79 Å². The zero-order chi connectivity index (χ0) is 13.8. The lowest BCUT2D eigenvalue weighted by Crippen LogP contribution is -2.49. The predicted molar refractivity (Wildman–Crippen MR) is 75.6 cm³/mol. The van der Waals surface area contributed by atoms with Crippen molar-refractivity contribution >= 4 is 5.97 Å². The van der Waals surface area contributed by atoms with Crippen LogP contribution in [-0.2, 0) is 9.53 Å². The zero-order valence-corrected chi connectivity index (χ0v) is 12.5. The fourth-order valence-electron chi connectivity index (χ4n) is 5.47. The topological polar surface area (TPSA) is 26.3 Å². The molecule has 0 amide bonds. The van der Waals surface area contributed by atoms with Crippen molar-refractivity contribution in [2.75, 3.05) is 0 Å². The molecule has 106 valence electrons. The molecule has 3 aliphatic rings. The van der Waals surface area contributed by atoms with Crippen molar-refractivity contribution in [3.8, 4) is 0 Å². The van der Waals surface area contributed by atoms with Crippen LogP contribution in [0.25, 0.3) is 0 Å². The minimum absolute atomic E-state index is 0.218. The monoisotopic (exact) mass is 262 g/mol. The molecule has 0 radical (unpaired) electrons. The molecule has 3 fully saturated rings. The number of esters is 1. The van der Waals surface area contributed by atoms with Gasteiger partial charge in [0, 0.05) is 11.0 Å². The fourth-order valence-corrected chi connectivity index (χ4v) is 5.47. The Kier molecular flexibility index (Phi) is 2.85. The summed E-state index contributed by atoms with van der Waals surface area (Å²) in [4.78, 5) is 12.0. The Balaban J connectivity index is 1.87. The van der Waals surface area contributed by atoms with E-state index in [1.807, 2.05) is 0 Å². The number of rotatable bonds is 3. The summed E-state index contributed by atoms with van der Waals surface area (Å²) in [5.74, 6) is 2.38. The van der Waals surface area contributed by atoms with E-state index >= 15 is 0 Å². The van der Waals surface area contributed by atoms with Crippen LogP contribution in [0, 0.1) is 23.2 Å². The average molecular weight is 262 g/mol. The average Bonchev–Trinajstić information content (AvgIpc) is 3.01. The number of carbonyl (C=O) groups excluding carboxylic acids is 1. The molecule has 0 aliphatic heterocycles. The Morgan fingerprint density at radius 3 is 2.74 bits per heavy atom. The number of fused-ring (bicyclic) bond motifs is 5. The zero-order valence-electron chi connectivity index (χ0n) is 12.5. The Morgan fingerprint density at radius 1 is 1.32 bits per heavy atom. The first kappa shape index (κ1) is 13.2. The molecular formula is C17H26O2. The van der Waals surface area contributed by atoms with Crippen molar-refractivity contribution in [2.45, 2.75) is 64.9 Å². The molecule has 2 nitrogen and oxygen atoms in total. The van der Waals surface area contributed by atoms with E-state index in [-0.39, 0.29) is 17.0 Å². The lowest BCUT2D eigenvalue weighted by molar-refractivity contribution is -0.171. The Labute approximate surface area is 116 Å². The summed E-state index contributed by atoms with van der Waals surface area (Å²) in [5, 5.41) is 0. The minimum Gasteiger partial charge on any atom is -0.456 e. The second-order valence-electron chi connectivity index (χ2n) is 7.54. The Morgan fingerprint density at radius 2 is 2.05 bits per heavy atom. The Hall–Kier alpha value is -0.790. The van der Waals surface area contributed by atoms with E-state index < -0.39 is 0 Å². The van der Waals surface area contributed by atoms with Crippen molar-refractivity contribution in [3.05, 3.63) is 12.2 Å². The van der Waals surface area contributed by atoms with Crippen molar-refractivity contribution in [1.82, 2.24) is 0 Å². The van der Waals surface area contributed by atoms with Gasteiger partial charge in [0.25, 0.3) is 0 Å². The largest absolute Gasteiger partial charge is 0.456 e. The van der Waals surface area contributed by atoms with Crippen molar-refractivity contribution in [2.24, 2.45) is 23.2 Å². The van der Waals surface area contributed by atoms with Gasteiger partial charge in [0.1, 0.15) is 5.60 Å². The van der Waals surface area contributed by atoms with Gasteiger partial charge in [-0.2, -0.15) is 0 Å². The molecule has 19 heavy (non-hydrogen) atoms. The van der Waals surface area contributed by atoms with Crippen LogP contribution in [-0.4, -0.2) is 11.6 Å². The number of carbonyl (C=O) groups is 1. The van der Waals surface area contributed by atoms with E-state index in [1.54, 1.807) is 6.92 Å². The quantitative estimate of drug-likeness (QED) is 0.565. The van der Waals surface area contributed by atoms with Gasteiger partial charge < -0.3 is 4.74 Å². The predicted octanol–water partition coefficient (Wildman–Crippen LogP) is 4.10. The highest BCUT2D eigenvalue weighted by molar-refractivity contribution is 5.87. The second-order valence-corrected chi connectivity index (χ2v) is 7.54. The van der Waals surface area contributed by atoms with Gasteiger partial charge in [0.05, 0.1) is 0 Å². The van der Waals surface area contributed by atoms with Gasteiger partial charge >= 0.3 is 5.97 Å². The number of hydrogen-bond acceptors (Lipinski definition) is 2. The summed E-state index contributed by atoms with van der Waals surface area (Å²) in [7, 11) is 0. The standard InChI is InChI=1S/C17H26O2/c1-11(2)15(18)19-16(3,4)17-9-8-12(10-17)13-6-5-7-14(13)17/h12-14H,1,5-10H2,2-4H3. The van der Waals surface area contributed by atoms with Crippen LogP contribution < -0.4 is 0 Å². The first-order valence-electron chi connectivity index (χ1n) is 7.76. The molecule has 2 bridgehead atoms. The van der Waals surface area contributed by atoms with E-state index in [1.165, 1.54) is 38.5 Å². The molecule has 0 heterocycles. The molecular weight excluding hydrogens is 236 g/mol. The van der Waals surface area contributed by atoms with Crippen molar-refractivity contribution in [3.63, 3.8) is 0 Å². The van der Waals surface area contributed by atoms with Crippen LogP contribution in [0.15, 0.2) is 12.2 Å². The summed E-state index contributed by atoms with van der Waals surface area (Å²) < 4.78 is 5.87. The molecule has 0 saturated heterocycles. The first-order valence-corrected chi connectivity index (χ1v) is 7.76. The second kappa shape index (κ2) is 4.10. The molecule has 3 aliphatic carbocycles. The molecule has 0 aromatic carbocycles. The van der Waals surface area contributed by atoms with Gasteiger partial charge in [-0.15, -0.1) is 0 Å². The normalized spacial score (nSPS) is 40.3. The van der Waals surface area contributed by atoms with Crippen molar-refractivity contribution < 1.29 is 9.53 Å². The third-order valence-corrected chi connectivity index (χ3v) is 6.37. The number of ether oxygens (including phenoxy) is 1. The van der Waals surface area contributed by atoms with Crippen LogP contribution in [0.4, 0.5) is 0 Å². The maximum atomic E-state index is 12.0. The van der Waals surface area contributed by atoms with E-state index in [0.29, 0.717) is 5.57 Å². The SMILES string of the molecule is C=C(C)C(=O)OC(C)(C)C12CCC(C1)C1CCCC12. The highest BCUT2D eigenvalue weighted by Gasteiger charge is 2.65. The molecule has 0 aromatic rings. The van der Waals surface area contributed by atoms with Crippen LogP contribution in [0.3, 0.4) is 0 Å². The fraction of sp³-hybridized carbons (Fsp3) is 0.824. The highest BCUT2D eigenvalue weighted by atomic mass is 16.6. The third-order valence-electron chi connectivity index (χ3n) is 6.37. The summed E-state index contributed by atoms with van der Waals surface area (Å²) >= 11 is 0. The van der Waals surface area contributed by atoms with Gasteiger partial charge in [-0.3, -0.25) is 0 Å². The van der Waals surface area contributed by atoms with Crippen LogP contribution in [0.2, 0.25) is 0 Å². The van der Waals surface area contributed by atoms with E-state index in [4.69, 9.17) is 4.74 Å². The highest BCUT2D eigenvalue weighted by Crippen LogP contribution is 2.69. The van der Waals surface area contributed by atoms with Gasteiger partial charge in [0.15, 0.2) is 0 Å². The molecule has 2 heteroatoms. The van der Waals surface area contributed by atoms with Gasteiger partial charge in [-0.05, 0) is 70.6 Å². The van der Waals surface area contributed by atoms with Gasteiger partial charge in [-0.1, -0.05) is 13.0 Å². The van der Waals surface area contributed by atoms with Gasteiger partial charge in [-0.25, -0.2) is 4.79 Å². The molecule has 3 rings (SSSR count). The van der Waals surface area contributed by atoms with Gasteiger partial charge in [0.2, 0.25) is 0 Å². The summed E-state index contributed by atoms with van der Waals surface area (Å²) in [6, 6.07) is 0. The molecule has 0 aromatic heterocycles. The maximum absolute atomic E-state index is 12.0. The summed E-state index contributed by atoms with van der Waals surface area (Å²) in [6.07, 6.45) is 7.98. The van der Waals surface area contributed by atoms with Crippen LogP contribution in [0.1, 0.15) is 59.3 Å². The smallest absolute Gasteiger partial charge is 0.333 e. The number of hydrogen-bond donors (Lipinski definition) is 0. The van der Waals surface area contributed by atoms with Crippen LogP contribution in [0.5, 0.6) is 0 Å². The molecule has 4 unspecified atom stereocenters. The molecule has 3 saturated carbocycles. The lowest BCUT2D eigenvalue weighted by Gasteiger charge is -2.47.